The van der Waals surface area contributed by atoms with Gasteiger partial charge in [0.15, 0.2) is 0 Å². The molecule has 0 amide bonds. The van der Waals surface area contributed by atoms with E-state index in [1.807, 2.05) is 25.1 Å². The van der Waals surface area contributed by atoms with E-state index >= 15 is 0 Å². The molecule has 0 aromatic heterocycles. The Kier molecular flexibility index (Phi) is 3.09. The van der Waals surface area contributed by atoms with Crippen LogP contribution in [-0.4, -0.2) is 16.5 Å². The van der Waals surface area contributed by atoms with Crippen LogP contribution in [0.5, 0.6) is 0 Å². The molecule has 1 aromatic rings. The van der Waals surface area contributed by atoms with E-state index in [-0.39, 0.29) is 0 Å². The first-order valence-electron chi connectivity index (χ1n) is 3.87. The van der Waals surface area contributed by atoms with Crippen molar-refractivity contribution in [2.24, 2.45) is 5.16 Å². The van der Waals surface area contributed by atoms with Gasteiger partial charge in [-0.15, -0.1) is 0 Å². The number of benzene rings is 1. The zero-order valence-electron chi connectivity index (χ0n) is 7.31. The van der Waals surface area contributed by atoms with Gasteiger partial charge in [-0.25, -0.2) is 0 Å². The van der Waals surface area contributed by atoms with Crippen LogP contribution in [0.15, 0.2) is 29.6 Å². The van der Waals surface area contributed by atoms with E-state index < -0.39 is 0 Å². The summed E-state index contributed by atoms with van der Waals surface area (Å²) in [4.78, 5) is 0. The van der Waals surface area contributed by atoms with E-state index in [2.05, 4.69) is 5.16 Å². The summed E-state index contributed by atoms with van der Waals surface area (Å²) in [5.41, 5.74) is 2.67. The Morgan fingerprint density at radius 2 is 2.08 bits per heavy atom. The minimum absolute atomic E-state index is 0.762. The molecule has 68 valence electrons. The molecule has 0 atom stereocenters. The highest BCUT2D eigenvalue weighted by molar-refractivity contribution is 5.85. The second-order valence-corrected chi connectivity index (χ2v) is 2.69. The van der Waals surface area contributed by atoms with Crippen molar-refractivity contribution in [1.82, 2.24) is 0 Å². The molecule has 0 fully saturated rings. The molecule has 1 rings (SSSR count). The normalized spacial score (nSPS) is 11.5. The molecule has 0 unspecified atom stereocenters. The lowest BCUT2D eigenvalue weighted by molar-refractivity contribution is 0.322. The third-order valence-corrected chi connectivity index (χ3v) is 1.69. The summed E-state index contributed by atoms with van der Waals surface area (Å²) in [5.74, 6) is 0. The third-order valence-electron chi connectivity index (χ3n) is 1.69. The maximum absolute atomic E-state index is 8.62. The molecule has 0 aliphatic rings. The fourth-order valence-corrected chi connectivity index (χ4v) is 1.10. The van der Waals surface area contributed by atoms with Crippen LogP contribution in [0.2, 0.25) is 0 Å². The summed E-state index contributed by atoms with van der Waals surface area (Å²) >= 11 is 0. The third kappa shape index (κ3) is 2.33. The van der Waals surface area contributed by atoms with Gasteiger partial charge in [0, 0.05) is 5.56 Å². The van der Waals surface area contributed by atoms with Gasteiger partial charge in [-0.2, -0.15) is 0 Å². The number of aryl methyl sites for hydroxylation is 1. The van der Waals surface area contributed by atoms with Gasteiger partial charge < -0.3 is 10.3 Å². The average molecular weight is 177 g/mol. The summed E-state index contributed by atoms with van der Waals surface area (Å²) in [7, 11) is 0. The van der Waals surface area contributed by atoms with Crippen molar-refractivity contribution in [3.05, 3.63) is 41.2 Å². The highest BCUT2D eigenvalue weighted by atomic mass is 16.4. The second-order valence-electron chi connectivity index (χ2n) is 2.69. The van der Waals surface area contributed by atoms with Crippen molar-refractivity contribution in [3.63, 3.8) is 0 Å². The lowest BCUT2D eigenvalue weighted by Gasteiger charge is -2.00. The van der Waals surface area contributed by atoms with Gasteiger partial charge in [0.25, 0.3) is 0 Å². The first kappa shape index (κ1) is 9.32. The number of aliphatic hydroxyl groups excluding tert-OH is 1. The molecule has 0 aliphatic heterocycles. The van der Waals surface area contributed by atoms with E-state index in [0.717, 1.165) is 23.0 Å². The Morgan fingerprint density at radius 3 is 2.69 bits per heavy atom. The number of hydrogen-bond acceptors (Lipinski definition) is 3. The van der Waals surface area contributed by atoms with Crippen LogP contribution >= 0.6 is 0 Å². The SMILES string of the molecule is Cc1ccc(C=NO)c(C=CO)c1. The number of nitrogens with zero attached hydrogens (tertiary/aromatic N) is 1. The molecule has 3 nitrogen and oxygen atoms in total. The number of aliphatic hydroxyl groups is 1. The van der Waals surface area contributed by atoms with E-state index in [9.17, 15) is 0 Å². The van der Waals surface area contributed by atoms with Gasteiger partial charge in [0.05, 0.1) is 12.5 Å². The van der Waals surface area contributed by atoms with Crippen LogP contribution in [0.4, 0.5) is 0 Å². The minimum atomic E-state index is 0.762. The van der Waals surface area contributed by atoms with Gasteiger partial charge in [0.2, 0.25) is 0 Å². The predicted octanol–water partition coefficient (Wildman–Crippen LogP) is 2.33. The van der Waals surface area contributed by atoms with Crippen molar-refractivity contribution < 1.29 is 10.3 Å². The topological polar surface area (TPSA) is 52.8 Å². The molecule has 0 spiro atoms. The molecular formula is C10H11NO2. The zero-order valence-corrected chi connectivity index (χ0v) is 7.31. The highest BCUT2D eigenvalue weighted by Gasteiger charge is 1.96. The molecule has 13 heavy (non-hydrogen) atoms. The van der Waals surface area contributed by atoms with E-state index in [1.165, 1.54) is 6.21 Å². The maximum Gasteiger partial charge on any atom is 0.0797 e. The fourth-order valence-electron chi connectivity index (χ4n) is 1.10. The van der Waals surface area contributed by atoms with E-state index in [1.54, 1.807) is 6.08 Å². The molecule has 0 heterocycles. The van der Waals surface area contributed by atoms with Crippen LogP contribution in [0.25, 0.3) is 6.08 Å². The smallest absolute Gasteiger partial charge is 0.0797 e. The van der Waals surface area contributed by atoms with E-state index in [4.69, 9.17) is 10.3 Å². The molecule has 0 bridgehead atoms. The predicted molar refractivity (Wildman–Crippen MR) is 52.2 cm³/mol. The number of oxime groups is 1. The van der Waals surface area contributed by atoms with Gasteiger partial charge in [-0.1, -0.05) is 28.9 Å². The first-order chi connectivity index (χ1) is 6.27. The minimum Gasteiger partial charge on any atom is -0.516 e. The molecule has 0 saturated carbocycles. The van der Waals surface area contributed by atoms with Crippen LogP contribution < -0.4 is 0 Å². The van der Waals surface area contributed by atoms with Crippen LogP contribution in [-0.2, 0) is 0 Å². The Morgan fingerprint density at radius 1 is 1.31 bits per heavy atom. The Hall–Kier alpha value is -1.77. The second kappa shape index (κ2) is 4.30. The largest absolute Gasteiger partial charge is 0.516 e. The van der Waals surface area contributed by atoms with Gasteiger partial charge in [-0.05, 0) is 18.6 Å². The van der Waals surface area contributed by atoms with Crippen molar-refractivity contribution >= 4 is 12.3 Å². The molecule has 0 saturated heterocycles. The average Bonchev–Trinajstić information content (AvgIpc) is 2.10. The van der Waals surface area contributed by atoms with Gasteiger partial charge >= 0.3 is 0 Å². The molecule has 2 N–H and O–H groups in total. The van der Waals surface area contributed by atoms with Crippen molar-refractivity contribution in [2.75, 3.05) is 0 Å². The highest BCUT2D eigenvalue weighted by Crippen LogP contribution is 2.11. The quantitative estimate of drug-likeness (QED) is 0.315. The van der Waals surface area contributed by atoms with Crippen molar-refractivity contribution in [2.45, 2.75) is 6.92 Å². The summed E-state index contributed by atoms with van der Waals surface area (Å²) in [5, 5.41) is 19.9. The summed E-state index contributed by atoms with van der Waals surface area (Å²) in [6.07, 6.45) is 3.84. The Labute approximate surface area is 76.6 Å². The van der Waals surface area contributed by atoms with Gasteiger partial charge in [0.1, 0.15) is 0 Å². The maximum atomic E-state index is 8.62. The first-order valence-corrected chi connectivity index (χ1v) is 3.87. The summed E-state index contributed by atoms with van der Waals surface area (Å²) in [6, 6.07) is 5.62. The Balaban J connectivity index is 3.18. The molecule has 0 aliphatic carbocycles. The zero-order chi connectivity index (χ0) is 9.68. The molecule has 0 radical (unpaired) electrons. The fraction of sp³-hybridized carbons (Fsp3) is 0.100. The monoisotopic (exact) mass is 177 g/mol. The Bertz CT molecular complexity index is 343. The van der Waals surface area contributed by atoms with Gasteiger partial charge in [-0.3, -0.25) is 0 Å². The summed E-state index contributed by atoms with van der Waals surface area (Å²) in [6.45, 7) is 1.95. The van der Waals surface area contributed by atoms with Crippen molar-refractivity contribution in [3.8, 4) is 0 Å². The lowest BCUT2D eigenvalue weighted by atomic mass is 10.1. The lowest BCUT2D eigenvalue weighted by Crippen LogP contribution is -1.87. The van der Waals surface area contributed by atoms with E-state index in [0.29, 0.717) is 0 Å². The number of hydrogen-bond donors (Lipinski definition) is 2. The summed E-state index contributed by atoms with van der Waals surface area (Å²) < 4.78 is 0. The standard InChI is InChI=1S/C10H11NO2/c1-8-2-3-10(7-11-13)9(6-8)4-5-12/h2-7,12-13H,1H3. The van der Waals surface area contributed by atoms with Crippen molar-refractivity contribution in [1.29, 1.82) is 0 Å². The van der Waals surface area contributed by atoms with Crippen LogP contribution in [0, 0.1) is 6.92 Å². The molecule has 1 aromatic carbocycles. The molecule has 3 heteroatoms. The van der Waals surface area contributed by atoms with Crippen LogP contribution in [0.3, 0.4) is 0 Å². The molecular weight excluding hydrogens is 166 g/mol. The van der Waals surface area contributed by atoms with Crippen LogP contribution in [0.1, 0.15) is 16.7 Å². The number of rotatable bonds is 2.